The quantitative estimate of drug-likeness (QED) is 0.737. The monoisotopic (exact) mass is 262 g/mol. The predicted octanol–water partition coefficient (Wildman–Crippen LogP) is 1.84. The molecular weight excluding hydrogens is 240 g/mol. The van der Waals surface area contributed by atoms with Crippen molar-refractivity contribution >= 4 is 0 Å². The molecular formula is C15H22N2O2. The standard InChI is InChI=1S/C15H22N2O2/c1-2-17(10-3-12-18)11-13-19-15-6-4-14(5-7-15)8-9-16/h4-7,18H,2-3,8,10-13H2,1H3. The second-order valence-corrected chi connectivity index (χ2v) is 4.34. The van der Waals surface area contributed by atoms with Crippen molar-refractivity contribution in [2.75, 3.05) is 32.8 Å². The van der Waals surface area contributed by atoms with Gasteiger partial charge in [-0.15, -0.1) is 0 Å². The van der Waals surface area contributed by atoms with E-state index in [0.29, 0.717) is 13.0 Å². The maximum atomic E-state index is 8.80. The molecule has 0 aliphatic heterocycles. The van der Waals surface area contributed by atoms with Gasteiger partial charge in [0.25, 0.3) is 0 Å². The zero-order chi connectivity index (χ0) is 13.9. The summed E-state index contributed by atoms with van der Waals surface area (Å²) in [7, 11) is 0. The number of nitrogens with zero attached hydrogens (tertiary/aromatic N) is 2. The van der Waals surface area contributed by atoms with E-state index in [1.54, 1.807) is 0 Å². The van der Waals surface area contributed by atoms with Gasteiger partial charge in [-0.05, 0) is 30.7 Å². The molecule has 0 aliphatic carbocycles. The Hall–Kier alpha value is -1.57. The van der Waals surface area contributed by atoms with Crippen molar-refractivity contribution in [3.05, 3.63) is 29.8 Å². The van der Waals surface area contributed by atoms with Crippen molar-refractivity contribution in [2.24, 2.45) is 0 Å². The van der Waals surface area contributed by atoms with E-state index >= 15 is 0 Å². The minimum Gasteiger partial charge on any atom is -0.492 e. The third-order valence-electron chi connectivity index (χ3n) is 2.96. The van der Waals surface area contributed by atoms with Gasteiger partial charge in [0, 0.05) is 19.7 Å². The SMILES string of the molecule is CCN(CCCO)CCOc1ccc(CC#N)cc1. The maximum Gasteiger partial charge on any atom is 0.119 e. The van der Waals surface area contributed by atoms with Crippen LogP contribution in [0.2, 0.25) is 0 Å². The molecule has 0 amide bonds. The first-order chi connectivity index (χ1) is 9.30. The molecule has 104 valence electrons. The van der Waals surface area contributed by atoms with Gasteiger partial charge in [-0.1, -0.05) is 19.1 Å². The molecule has 0 heterocycles. The summed E-state index contributed by atoms with van der Waals surface area (Å²) in [4.78, 5) is 2.25. The summed E-state index contributed by atoms with van der Waals surface area (Å²) in [5.41, 5.74) is 1.01. The maximum absolute atomic E-state index is 8.80. The van der Waals surface area contributed by atoms with E-state index in [-0.39, 0.29) is 6.61 Å². The minimum atomic E-state index is 0.234. The summed E-state index contributed by atoms with van der Waals surface area (Å²) in [6.07, 6.45) is 1.24. The highest BCUT2D eigenvalue weighted by Crippen LogP contribution is 2.12. The summed E-state index contributed by atoms with van der Waals surface area (Å²) in [6, 6.07) is 9.76. The summed E-state index contributed by atoms with van der Waals surface area (Å²) < 4.78 is 5.66. The van der Waals surface area contributed by atoms with Gasteiger partial charge < -0.3 is 14.7 Å². The fourth-order valence-corrected chi connectivity index (χ4v) is 1.81. The van der Waals surface area contributed by atoms with Crippen LogP contribution in [-0.4, -0.2) is 42.9 Å². The summed E-state index contributed by atoms with van der Waals surface area (Å²) in [5, 5.41) is 17.4. The highest BCUT2D eigenvalue weighted by molar-refractivity contribution is 5.28. The van der Waals surface area contributed by atoms with E-state index in [4.69, 9.17) is 15.1 Å². The topological polar surface area (TPSA) is 56.5 Å². The largest absolute Gasteiger partial charge is 0.492 e. The first-order valence-electron chi connectivity index (χ1n) is 6.72. The number of aliphatic hydroxyl groups excluding tert-OH is 1. The Morgan fingerprint density at radius 2 is 2.00 bits per heavy atom. The molecule has 1 aromatic rings. The van der Waals surface area contributed by atoms with Gasteiger partial charge in [-0.2, -0.15) is 5.26 Å². The Morgan fingerprint density at radius 3 is 2.58 bits per heavy atom. The van der Waals surface area contributed by atoms with Crippen LogP contribution in [0.25, 0.3) is 0 Å². The summed E-state index contributed by atoms with van der Waals surface area (Å²) >= 11 is 0. The predicted molar refractivity (Wildman–Crippen MR) is 75.1 cm³/mol. The lowest BCUT2D eigenvalue weighted by Gasteiger charge is -2.19. The van der Waals surface area contributed by atoms with Crippen LogP contribution in [0.3, 0.4) is 0 Å². The second kappa shape index (κ2) is 9.37. The third-order valence-corrected chi connectivity index (χ3v) is 2.96. The van der Waals surface area contributed by atoms with Crippen LogP contribution in [-0.2, 0) is 6.42 Å². The molecule has 0 fully saturated rings. The molecule has 4 heteroatoms. The van der Waals surface area contributed by atoms with Gasteiger partial charge in [0.05, 0.1) is 12.5 Å². The van der Waals surface area contributed by atoms with E-state index < -0.39 is 0 Å². The van der Waals surface area contributed by atoms with Crippen LogP contribution in [0, 0.1) is 11.3 Å². The van der Waals surface area contributed by atoms with Gasteiger partial charge in [0.2, 0.25) is 0 Å². The summed E-state index contributed by atoms with van der Waals surface area (Å²) in [5.74, 6) is 0.833. The number of benzene rings is 1. The lowest BCUT2D eigenvalue weighted by molar-refractivity contribution is 0.195. The van der Waals surface area contributed by atoms with Crippen molar-refractivity contribution in [2.45, 2.75) is 19.8 Å². The second-order valence-electron chi connectivity index (χ2n) is 4.34. The zero-order valence-corrected chi connectivity index (χ0v) is 11.5. The number of hydrogen-bond donors (Lipinski definition) is 1. The Balaban J connectivity index is 2.29. The molecule has 0 unspecified atom stereocenters. The zero-order valence-electron chi connectivity index (χ0n) is 11.5. The van der Waals surface area contributed by atoms with Crippen LogP contribution >= 0.6 is 0 Å². The highest BCUT2D eigenvalue weighted by atomic mass is 16.5. The molecule has 0 atom stereocenters. The van der Waals surface area contributed by atoms with Gasteiger partial charge in [0.15, 0.2) is 0 Å². The molecule has 0 saturated heterocycles. The normalized spacial score (nSPS) is 10.4. The number of nitriles is 1. The molecule has 0 bridgehead atoms. The van der Waals surface area contributed by atoms with Gasteiger partial charge >= 0.3 is 0 Å². The fourth-order valence-electron chi connectivity index (χ4n) is 1.81. The van der Waals surface area contributed by atoms with Crippen LogP contribution in [0.15, 0.2) is 24.3 Å². The molecule has 1 rings (SSSR count). The van der Waals surface area contributed by atoms with Crippen LogP contribution in [0.5, 0.6) is 5.75 Å². The molecule has 19 heavy (non-hydrogen) atoms. The fraction of sp³-hybridized carbons (Fsp3) is 0.533. The van der Waals surface area contributed by atoms with Crippen molar-refractivity contribution in [3.63, 3.8) is 0 Å². The van der Waals surface area contributed by atoms with Crippen molar-refractivity contribution in [1.29, 1.82) is 5.26 Å². The summed E-state index contributed by atoms with van der Waals surface area (Å²) in [6.45, 7) is 5.70. The lowest BCUT2D eigenvalue weighted by atomic mass is 10.2. The van der Waals surface area contributed by atoms with E-state index in [0.717, 1.165) is 37.4 Å². The van der Waals surface area contributed by atoms with Crippen molar-refractivity contribution in [3.8, 4) is 11.8 Å². The first-order valence-corrected chi connectivity index (χ1v) is 6.72. The van der Waals surface area contributed by atoms with Crippen molar-refractivity contribution < 1.29 is 9.84 Å². The van der Waals surface area contributed by atoms with E-state index in [1.165, 1.54) is 0 Å². The molecule has 0 radical (unpaired) electrons. The van der Waals surface area contributed by atoms with E-state index in [9.17, 15) is 0 Å². The molecule has 0 aliphatic rings. The number of likely N-dealkylation sites (N-methyl/N-ethyl adjacent to an activating group) is 1. The van der Waals surface area contributed by atoms with Crippen molar-refractivity contribution in [1.82, 2.24) is 4.90 Å². The Kier molecular flexibility index (Phi) is 7.64. The minimum absolute atomic E-state index is 0.234. The van der Waals surface area contributed by atoms with E-state index in [1.807, 2.05) is 24.3 Å². The van der Waals surface area contributed by atoms with Gasteiger partial charge in [-0.25, -0.2) is 0 Å². The Labute approximate surface area is 115 Å². The highest BCUT2D eigenvalue weighted by Gasteiger charge is 2.02. The third kappa shape index (κ3) is 6.23. The lowest BCUT2D eigenvalue weighted by Crippen LogP contribution is -2.29. The van der Waals surface area contributed by atoms with Gasteiger partial charge in [0.1, 0.15) is 12.4 Å². The molecule has 0 aromatic heterocycles. The molecule has 0 spiro atoms. The molecule has 1 aromatic carbocycles. The first kappa shape index (κ1) is 15.5. The van der Waals surface area contributed by atoms with Crippen LogP contribution < -0.4 is 4.74 Å². The molecule has 4 nitrogen and oxygen atoms in total. The Bertz CT molecular complexity index is 384. The smallest absolute Gasteiger partial charge is 0.119 e. The van der Waals surface area contributed by atoms with E-state index in [2.05, 4.69) is 17.9 Å². The van der Waals surface area contributed by atoms with Crippen LogP contribution in [0.4, 0.5) is 0 Å². The number of aliphatic hydroxyl groups is 1. The number of ether oxygens (including phenoxy) is 1. The average molecular weight is 262 g/mol. The molecule has 0 saturated carbocycles. The molecule has 1 N–H and O–H groups in total. The number of rotatable bonds is 9. The van der Waals surface area contributed by atoms with Gasteiger partial charge in [-0.3, -0.25) is 0 Å². The average Bonchev–Trinajstić information content (AvgIpc) is 2.44. The number of hydrogen-bond acceptors (Lipinski definition) is 4. The Morgan fingerprint density at radius 1 is 1.26 bits per heavy atom. The van der Waals surface area contributed by atoms with Crippen LogP contribution in [0.1, 0.15) is 18.9 Å².